The Balaban J connectivity index is 1.28. The molecule has 1 heterocycles. The zero-order valence-electron chi connectivity index (χ0n) is 35.0. The van der Waals surface area contributed by atoms with Gasteiger partial charge >= 0.3 is 12.2 Å². The number of alkyl carbamates (subject to hydrolysis) is 1. The molecule has 0 fully saturated rings. The molecule has 1 aliphatic carbocycles. The molecule has 0 aliphatic heterocycles. The molecule has 12 nitrogen and oxygen atoms in total. The summed E-state index contributed by atoms with van der Waals surface area (Å²) in [6.07, 6.45) is -1.93. The first-order valence-electron chi connectivity index (χ1n) is 19.8. The number of benzene rings is 4. The Labute approximate surface area is 350 Å². The van der Waals surface area contributed by atoms with Gasteiger partial charge in [0.15, 0.2) is 11.4 Å². The molecule has 0 saturated carbocycles. The predicted octanol–water partition coefficient (Wildman–Crippen LogP) is 9.31. The van der Waals surface area contributed by atoms with Crippen molar-refractivity contribution in [3.63, 3.8) is 0 Å². The number of ether oxygens (including phenoxy) is 5. The van der Waals surface area contributed by atoms with Crippen molar-refractivity contribution in [2.75, 3.05) is 32.2 Å². The first-order chi connectivity index (χ1) is 28.1. The fourth-order valence-corrected chi connectivity index (χ4v) is 7.96. The van der Waals surface area contributed by atoms with Gasteiger partial charge in [0, 0.05) is 32.6 Å². The van der Waals surface area contributed by atoms with E-state index in [-0.39, 0.29) is 37.9 Å². The summed E-state index contributed by atoms with van der Waals surface area (Å²) in [7, 11) is 1.52. The molecule has 0 radical (unpaired) electrons. The van der Waals surface area contributed by atoms with Gasteiger partial charge < -0.3 is 33.9 Å². The van der Waals surface area contributed by atoms with Crippen LogP contribution in [0.1, 0.15) is 76.6 Å². The molecule has 2 atom stereocenters. The zero-order chi connectivity index (χ0) is 42.3. The number of anilines is 1. The van der Waals surface area contributed by atoms with E-state index < -0.39 is 35.7 Å². The lowest BCUT2D eigenvalue weighted by atomic mass is 9.98. The second-order valence-corrected chi connectivity index (χ2v) is 17.4. The molecule has 13 heteroatoms. The van der Waals surface area contributed by atoms with Crippen LogP contribution in [0.2, 0.25) is 0 Å². The molecule has 6 rings (SSSR count). The number of para-hydroxylation sites is 1. The summed E-state index contributed by atoms with van der Waals surface area (Å²) in [6.45, 7) is 13.7. The molecule has 1 aromatic heterocycles. The molecule has 0 bridgehead atoms. The minimum absolute atomic E-state index is 0.0495. The summed E-state index contributed by atoms with van der Waals surface area (Å²) >= 11 is 1.30. The van der Waals surface area contributed by atoms with Gasteiger partial charge in [-0.15, -0.1) is 0 Å². The van der Waals surface area contributed by atoms with Gasteiger partial charge in [-0.2, -0.15) is 0 Å². The Morgan fingerprint density at radius 1 is 0.831 bits per heavy atom. The van der Waals surface area contributed by atoms with Crippen molar-refractivity contribution >= 4 is 44.8 Å². The van der Waals surface area contributed by atoms with Gasteiger partial charge in [0.25, 0.3) is 0 Å². The third-order valence-electron chi connectivity index (χ3n) is 9.49. The second kappa shape index (κ2) is 18.6. The number of rotatable bonds is 15. The van der Waals surface area contributed by atoms with Crippen LogP contribution in [0, 0.1) is 0 Å². The third-order valence-corrected chi connectivity index (χ3v) is 10.4. The maximum atomic E-state index is 14.9. The van der Waals surface area contributed by atoms with Gasteiger partial charge in [0.05, 0.1) is 16.8 Å². The Morgan fingerprint density at radius 2 is 1.49 bits per heavy atom. The van der Waals surface area contributed by atoms with E-state index in [1.807, 2.05) is 94.4 Å². The van der Waals surface area contributed by atoms with Crippen LogP contribution in [0.3, 0.4) is 0 Å². The van der Waals surface area contributed by atoms with E-state index in [9.17, 15) is 14.4 Å². The number of nitrogens with one attached hydrogen (secondary N) is 2. The van der Waals surface area contributed by atoms with Gasteiger partial charge in [-0.3, -0.25) is 10.1 Å². The van der Waals surface area contributed by atoms with Crippen LogP contribution in [-0.4, -0.2) is 78.4 Å². The second-order valence-electron chi connectivity index (χ2n) is 16.3. The maximum Gasteiger partial charge on any atom is 0.413 e. The van der Waals surface area contributed by atoms with Crippen molar-refractivity contribution in [1.29, 1.82) is 0 Å². The van der Waals surface area contributed by atoms with Crippen LogP contribution in [0.15, 0.2) is 91.0 Å². The van der Waals surface area contributed by atoms with Crippen LogP contribution >= 0.6 is 11.3 Å². The van der Waals surface area contributed by atoms with Gasteiger partial charge in [-0.05, 0) is 100 Å². The standard InChI is InChI=1S/C46H54N4O8S/c1-9-55-39(54-8)27-50(26-30-15-14-20-38-40(30)48-42(59-38)49-44(53)58-46(5,6)7)41(51)37(25-29-21-23-31(24-22-29)57-45(2,3)4)47-43(52)56-28-36-34-18-12-10-16-32(34)33-17-11-13-19-35(33)36/h10-24,36-37,39H,9,25-28H2,1-8H3,(H,47,52)(H,48,49,53)/t37-,39?/m1/s1. The number of hydrogen-bond donors (Lipinski definition) is 2. The van der Waals surface area contributed by atoms with Crippen molar-refractivity contribution < 1.29 is 38.1 Å². The van der Waals surface area contributed by atoms with Crippen molar-refractivity contribution in [2.24, 2.45) is 0 Å². The summed E-state index contributed by atoms with van der Waals surface area (Å²) in [5.41, 5.74) is 5.46. The number of amides is 3. The molecule has 3 amide bonds. The first kappa shape index (κ1) is 43.1. The molecule has 1 aliphatic rings. The predicted molar refractivity (Wildman–Crippen MR) is 230 cm³/mol. The molecule has 4 aromatic carbocycles. The van der Waals surface area contributed by atoms with E-state index in [1.54, 1.807) is 25.7 Å². The average molecular weight is 823 g/mol. The Morgan fingerprint density at radius 3 is 2.10 bits per heavy atom. The largest absolute Gasteiger partial charge is 0.488 e. The summed E-state index contributed by atoms with van der Waals surface area (Å²) < 4.78 is 29.7. The SMILES string of the molecule is CCOC(CN(Cc1cccc2sc(NC(=O)OC(C)(C)C)nc12)C(=O)[C@@H](Cc1ccc(OC(C)(C)C)cc1)NC(=O)OCC1c2ccccc2-c2ccccc21)OC. The molecule has 59 heavy (non-hydrogen) atoms. The van der Waals surface area contributed by atoms with E-state index in [0.717, 1.165) is 38.1 Å². The van der Waals surface area contributed by atoms with Crippen molar-refractivity contribution in [3.8, 4) is 16.9 Å². The Hall–Kier alpha value is -5.50. The average Bonchev–Trinajstić information content (AvgIpc) is 3.74. The fraction of sp³-hybridized carbons (Fsp3) is 0.391. The molecule has 0 saturated heterocycles. The lowest BCUT2D eigenvalue weighted by Gasteiger charge is -2.31. The van der Waals surface area contributed by atoms with Crippen LogP contribution in [0.25, 0.3) is 21.3 Å². The van der Waals surface area contributed by atoms with E-state index in [2.05, 4.69) is 34.9 Å². The molecular weight excluding hydrogens is 769 g/mol. The van der Waals surface area contributed by atoms with Gasteiger partial charge in [0.2, 0.25) is 5.91 Å². The number of carbonyl (C=O) groups is 3. The zero-order valence-corrected chi connectivity index (χ0v) is 35.8. The number of carbonyl (C=O) groups excluding carboxylic acids is 3. The quantitative estimate of drug-likeness (QED) is 0.0990. The van der Waals surface area contributed by atoms with Gasteiger partial charge in [-0.1, -0.05) is 84.1 Å². The third kappa shape index (κ3) is 11.4. The number of thiazole rings is 1. The highest BCUT2D eigenvalue weighted by atomic mass is 32.1. The number of methoxy groups -OCH3 is 1. The molecule has 2 N–H and O–H groups in total. The summed E-state index contributed by atoms with van der Waals surface area (Å²) in [5, 5.41) is 6.01. The lowest BCUT2D eigenvalue weighted by molar-refractivity contribution is -0.153. The van der Waals surface area contributed by atoms with Crippen LogP contribution in [0.4, 0.5) is 14.7 Å². The highest BCUT2D eigenvalue weighted by Crippen LogP contribution is 2.44. The smallest absolute Gasteiger partial charge is 0.413 e. The van der Waals surface area contributed by atoms with Crippen molar-refractivity contribution in [2.45, 2.75) is 90.9 Å². The first-order valence-corrected chi connectivity index (χ1v) is 20.6. The molecule has 312 valence electrons. The van der Waals surface area contributed by atoms with Crippen molar-refractivity contribution in [1.82, 2.24) is 15.2 Å². The summed E-state index contributed by atoms with van der Waals surface area (Å²) in [4.78, 5) is 47.7. The summed E-state index contributed by atoms with van der Waals surface area (Å²) in [5.74, 6) is 0.150. The van der Waals surface area contributed by atoms with Crippen LogP contribution < -0.4 is 15.4 Å². The highest BCUT2D eigenvalue weighted by Gasteiger charge is 2.32. The lowest BCUT2D eigenvalue weighted by Crippen LogP contribution is -2.51. The number of fused-ring (bicyclic) bond motifs is 4. The van der Waals surface area contributed by atoms with Crippen molar-refractivity contribution in [3.05, 3.63) is 113 Å². The van der Waals surface area contributed by atoms with Gasteiger partial charge in [-0.25, -0.2) is 14.6 Å². The monoisotopic (exact) mass is 822 g/mol. The van der Waals surface area contributed by atoms with E-state index in [0.29, 0.717) is 23.0 Å². The number of nitrogens with zero attached hydrogens (tertiary/aromatic N) is 2. The highest BCUT2D eigenvalue weighted by molar-refractivity contribution is 7.22. The molecule has 5 aromatic rings. The molecule has 1 unspecified atom stereocenters. The topological polar surface area (TPSA) is 138 Å². The summed E-state index contributed by atoms with van der Waals surface area (Å²) in [6, 6.07) is 28.3. The molecular formula is C46H54N4O8S. The number of aromatic nitrogens is 1. The van der Waals surface area contributed by atoms with E-state index >= 15 is 0 Å². The van der Waals surface area contributed by atoms with E-state index in [4.69, 9.17) is 28.7 Å². The van der Waals surface area contributed by atoms with Crippen LogP contribution in [-0.2, 0) is 36.7 Å². The molecule has 0 spiro atoms. The van der Waals surface area contributed by atoms with E-state index in [1.165, 1.54) is 18.4 Å². The normalized spacial score (nSPS) is 13.6. The minimum atomic E-state index is -1.04. The fourth-order valence-electron chi connectivity index (χ4n) is 7.06. The Kier molecular flexibility index (Phi) is 13.6. The van der Waals surface area contributed by atoms with Gasteiger partial charge in [0.1, 0.15) is 29.6 Å². The van der Waals surface area contributed by atoms with Crippen LogP contribution in [0.5, 0.6) is 5.75 Å². The Bertz CT molecular complexity index is 2200. The number of hydrogen-bond acceptors (Lipinski definition) is 10. The maximum absolute atomic E-state index is 14.9. The minimum Gasteiger partial charge on any atom is -0.488 e.